The number of carbonyl (C=O) groups excluding carboxylic acids is 2. The zero-order valence-electron chi connectivity index (χ0n) is 45.0. The van der Waals surface area contributed by atoms with Crippen molar-refractivity contribution in [1.82, 2.24) is 0 Å². The quantitative estimate of drug-likeness (QED) is 0.0145. The molecule has 0 saturated heterocycles. The fourth-order valence-electron chi connectivity index (χ4n) is 9.10. The van der Waals surface area contributed by atoms with E-state index < -0.39 is 75.7 Å². The van der Waals surface area contributed by atoms with E-state index in [0.717, 1.165) is 51.4 Å². The molecule has 1 fully saturated rings. The number of ether oxygens (including phenoxy) is 2. The monoisotopic (exact) mass is 1030 g/mol. The lowest BCUT2D eigenvalue weighted by atomic mass is 9.85. The second-order valence-corrected chi connectivity index (χ2v) is 21.9. The highest BCUT2D eigenvalue weighted by molar-refractivity contribution is 7.47. The van der Waals surface area contributed by atoms with Crippen LogP contribution in [-0.2, 0) is 32.7 Å². The van der Waals surface area contributed by atoms with Crippen LogP contribution in [0.25, 0.3) is 0 Å². The summed E-state index contributed by atoms with van der Waals surface area (Å²) in [7, 11) is -5.12. The van der Waals surface area contributed by atoms with Crippen molar-refractivity contribution < 1.29 is 63.1 Å². The summed E-state index contributed by atoms with van der Waals surface area (Å²) in [5.41, 5.74) is 0. The molecule has 71 heavy (non-hydrogen) atoms. The van der Waals surface area contributed by atoms with Gasteiger partial charge in [0.05, 0.1) is 6.61 Å². The number of phosphoric ester groups is 1. The highest BCUT2D eigenvalue weighted by atomic mass is 31.2. The minimum Gasteiger partial charge on any atom is -0.462 e. The van der Waals surface area contributed by atoms with Crippen LogP contribution in [0.4, 0.5) is 0 Å². The lowest BCUT2D eigenvalue weighted by molar-refractivity contribution is -0.220. The number of aliphatic hydroxyl groups excluding tert-OH is 5. The Balaban J connectivity index is 2.32. The van der Waals surface area contributed by atoms with Crippen molar-refractivity contribution in [1.29, 1.82) is 0 Å². The summed E-state index contributed by atoms with van der Waals surface area (Å²) in [4.78, 5) is 36.0. The van der Waals surface area contributed by atoms with Crippen LogP contribution in [0.2, 0.25) is 0 Å². The van der Waals surface area contributed by atoms with Gasteiger partial charge in [-0.1, -0.05) is 218 Å². The molecule has 0 aliphatic heterocycles. The van der Waals surface area contributed by atoms with Gasteiger partial charge in [0.2, 0.25) is 0 Å². The van der Waals surface area contributed by atoms with E-state index in [9.17, 15) is 44.6 Å². The molecule has 0 aromatic heterocycles. The maximum Gasteiger partial charge on any atom is 0.472 e. The molecular weight excluding hydrogens is 924 g/mol. The average Bonchev–Trinajstić information content (AvgIpc) is 3.35. The number of esters is 2. The molecule has 13 nitrogen and oxygen atoms in total. The SMILES string of the molecule is CCCCCCCC/C=C\CCCCCCCCCCCC(=O)OCC(COP(=O)(O)OC1C(O)C(O)C(O)C(O)C1O)OC(=O)CCCCCCCCCCCCC/C=C\CCCCCCCCCC. The van der Waals surface area contributed by atoms with Crippen LogP contribution >= 0.6 is 7.82 Å². The van der Waals surface area contributed by atoms with Crippen LogP contribution in [0.15, 0.2) is 24.3 Å². The van der Waals surface area contributed by atoms with Crippen LogP contribution in [0.5, 0.6) is 0 Å². The van der Waals surface area contributed by atoms with E-state index in [1.54, 1.807) is 0 Å². The fourth-order valence-corrected chi connectivity index (χ4v) is 10.1. The lowest BCUT2D eigenvalue weighted by Gasteiger charge is -2.41. The molecule has 1 aliphatic rings. The minimum absolute atomic E-state index is 0.0986. The van der Waals surface area contributed by atoms with E-state index in [4.69, 9.17) is 18.5 Å². The van der Waals surface area contributed by atoms with Crippen molar-refractivity contribution >= 4 is 19.8 Å². The highest BCUT2D eigenvalue weighted by Crippen LogP contribution is 2.47. The third-order valence-corrected chi connectivity index (χ3v) is 14.8. The molecular formula is C57H107O13P. The first kappa shape index (κ1) is 67.3. The predicted molar refractivity (Wildman–Crippen MR) is 286 cm³/mol. The van der Waals surface area contributed by atoms with Crippen LogP contribution in [0.1, 0.15) is 271 Å². The van der Waals surface area contributed by atoms with Crippen LogP contribution < -0.4 is 0 Å². The summed E-state index contributed by atoms with van der Waals surface area (Å²) in [6, 6.07) is 0. The molecule has 1 rings (SSSR count). The van der Waals surface area contributed by atoms with Crippen molar-refractivity contribution in [2.24, 2.45) is 0 Å². The number of phosphoric acid groups is 1. The van der Waals surface area contributed by atoms with E-state index in [1.165, 1.54) is 180 Å². The summed E-state index contributed by atoms with van der Waals surface area (Å²) in [6.07, 6.45) is 42.2. The van der Waals surface area contributed by atoms with Gasteiger partial charge in [-0.2, -0.15) is 0 Å². The van der Waals surface area contributed by atoms with Crippen molar-refractivity contribution in [3.63, 3.8) is 0 Å². The molecule has 0 spiro atoms. The summed E-state index contributed by atoms with van der Waals surface area (Å²) in [5.74, 6) is -1.09. The number of unbranched alkanes of at least 4 members (excludes halogenated alkanes) is 34. The maximum atomic E-state index is 12.9. The Labute approximate surface area is 432 Å². The van der Waals surface area contributed by atoms with E-state index in [2.05, 4.69) is 38.2 Å². The summed E-state index contributed by atoms with van der Waals surface area (Å²) in [5, 5.41) is 50.4. The summed E-state index contributed by atoms with van der Waals surface area (Å²) >= 11 is 0. The highest BCUT2D eigenvalue weighted by Gasteiger charge is 2.51. The molecule has 1 aliphatic carbocycles. The first-order chi connectivity index (χ1) is 34.4. The zero-order valence-corrected chi connectivity index (χ0v) is 45.9. The zero-order chi connectivity index (χ0) is 52.1. The molecule has 1 saturated carbocycles. The van der Waals surface area contributed by atoms with Gasteiger partial charge in [-0.25, -0.2) is 4.57 Å². The second kappa shape index (κ2) is 46.8. The topological polar surface area (TPSA) is 210 Å². The van der Waals surface area contributed by atoms with E-state index in [0.29, 0.717) is 12.8 Å². The molecule has 0 radical (unpaired) electrons. The van der Waals surface area contributed by atoms with Crippen LogP contribution in [-0.4, -0.2) is 98.3 Å². The number of hydrogen-bond acceptors (Lipinski definition) is 12. The molecule has 14 heteroatoms. The van der Waals surface area contributed by atoms with Gasteiger partial charge in [-0.15, -0.1) is 0 Å². The van der Waals surface area contributed by atoms with E-state index >= 15 is 0 Å². The largest absolute Gasteiger partial charge is 0.472 e. The molecule has 6 unspecified atom stereocenters. The van der Waals surface area contributed by atoms with Crippen LogP contribution in [0, 0.1) is 0 Å². The van der Waals surface area contributed by atoms with Crippen LogP contribution in [0.3, 0.4) is 0 Å². The van der Waals surface area contributed by atoms with Crippen molar-refractivity contribution in [3.8, 4) is 0 Å². The van der Waals surface area contributed by atoms with Crippen molar-refractivity contribution in [2.75, 3.05) is 13.2 Å². The van der Waals surface area contributed by atoms with Gasteiger partial charge in [-0.05, 0) is 64.2 Å². The Hall–Kier alpha value is -1.67. The van der Waals surface area contributed by atoms with Gasteiger partial charge in [0.1, 0.15) is 43.2 Å². The lowest BCUT2D eigenvalue weighted by Crippen LogP contribution is -2.64. The van der Waals surface area contributed by atoms with Gasteiger partial charge in [0, 0.05) is 12.8 Å². The Morgan fingerprint density at radius 2 is 0.718 bits per heavy atom. The fraction of sp³-hybridized carbons (Fsp3) is 0.895. The van der Waals surface area contributed by atoms with Gasteiger partial charge >= 0.3 is 19.8 Å². The molecule has 0 bridgehead atoms. The first-order valence-corrected chi connectivity index (χ1v) is 30.6. The number of rotatable bonds is 50. The number of carbonyl (C=O) groups is 2. The Bertz CT molecular complexity index is 1330. The van der Waals surface area contributed by atoms with Gasteiger partial charge in [0.25, 0.3) is 0 Å². The first-order valence-electron chi connectivity index (χ1n) is 29.1. The van der Waals surface area contributed by atoms with Gasteiger partial charge in [-0.3, -0.25) is 18.6 Å². The Kier molecular flexibility index (Phi) is 44.4. The standard InChI is InChI=1S/C57H107O13P/c1-3-5-7-9-11-13-15-17-19-21-23-24-25-26-28-30-32-34-36-38-40-42-44-46-51(59)69-49(48-68-71(65,66)70-57-55(63)53(61)52(60)54(62)56(57)64)47-67-50(58)45-43-41-39-37-35-33-31-29-27-22-20-18-16-14-12-10-8-6-4-2/h18,20-21,23,49,52-57,60-64H,3-17,19,22,24-48H2,1-2H3,(H,65,66)/b20-18-,23-21-. The third-order valence-electron chi connectivity index (χ3n) is 13.8. The van der Waals surface area contributed by atoms with E-state index in [-0.39, 0.29) is 12.8 Å². The molecule has 0 aromatic carbocycles. The molecule has 6 atom stereocenters. The Morgan fingerprint density at radius 3 is 1.07 bits per heavy atom. The third kappa shape index (κ3) is 38.5. The molecule has 0 aromatic rings. The van der Waals surface area contributed by atoms with Gasteiger partial charge < -0.3 is 39.9 Å². The molecule has 0 amide bonds. The summed E-state index contributed by atoms with van der Waals surface area (Å²) < 4.78 is 33.8. The maximum absolute atomic E-state index is 12.9. The van der Waals surface area contributed by atoms with E-state index in [1.807, 2.05) is 0 Å². The summed E-state index contributed by atoms with van der Waals surface area (Å²) in [6.45, 7) is 3.35. The number of allylic oxidation sites excluding steroid dienone is 4. The van der Waals surface area contributed by atoms with Gasteiger partial charge in [0.15, 0.2) is 6.10 Å². The normalized spacial score (nSPS) is 20.7. The second-order valence-electron chi connectivity index (χ2n) is 20.5. The molecule has 418 valence electrons. The predicted octanol–water partition coefficient (Wildman–Crippen LogP) is 13.5. The molecule has 0 heterocycles. The number of hydrogen-bond donors (Lipinski definition) is 6. The number of aliphatic hydroxyl groups is 5. The average molecular weight is 1030 g/mol. The smallest absolute Gasteiger partial charge is 0.462 e. The minimum atomic E-state index is -5.12. The Morgan fingerprint density at radius 1 is 0.423 bits per heavy atom. The van der Waals surface area contributed by atoms with Crippen molar-refractivity contribution in [2.45, 2.75) is 313 Å². The van der Waals surface area contributed by atoms with Crippen molar-refractivity contribution in [3.05, 3.63) is 24.3 Å². The molecule has 6 N–H and O–H groups in total.